The zero-order chi connectivity index (χ0) is 10.8. The molecule has 7 heteroatoms. The van der Waals surface area contributed by atoms with E-state index in [9.17, 15) is 9.36 Å². The predicted octanol–water partition coefficient (Wildman–Crippen LogP) is 0.760. The molecule has 1 unspecified atom stereocenters. The number of ether oxygens (including phenoxy) is 1. The monoisotopic (exact) mass is 221 g/mol. The van der Waals surface area contributed by atoms with Gasteiger partial charge in [0.1, 0.15) is 0 Å². The molecule has 0 aromatic rings. The molecule has 0 amide bonds. The first-order valence-corrected chi connectivity index (χ1v) is 5.42. The van der Waals surface area contributed by atoms with Crippen molar-refractivity contribution in [1.29, 1.82) is 0 Å². The Bertz CT molecular complexity index is 302. The van der Waals surface area contributed by atoms with E-state index in [1.807, 2.05) is 0 Å². The van der Waals surface area contributed by atoms with E-state index in [2.05, 4.69) is 11.3 Å². The number of esters is 1. The zero-order valence-corrected chi connectivity index (χ0v) is 8.95. The number of hydrogen-bond donors (Lipinski definition) is 0. The van der Waals surface area contributed by atoms with Crippen LogP contribution in [-0.4, -0.2) is 37.9 Å². The second kappa shape index (κ2) is 4.13. The van der Waals surface area contributed by atoms with Crippen molar-refractivity contribution in [1.82, 2.24) is 4.67 Å². The molecule has 0 saturated carbocycles. The molecular formula is C7H12NO5P. The van der Waals surface area contributed by atoms with Gasteiger partial charge >= 0.3 is 13.7 Å². The van der Waals surface area contributed by atoms with E-state index in [-0.39, 0.29) is 5.76 Å². The molecule has 1 heterocycles. The molecular weight excluding hydrogens is 209 g/mol. The minimum absolute atomic E-state index is 0.308. The lowest BCUT2D eigenvalue weighted by atomic mass is 10.6. The van der Waals surface area contributed by atoms with Crippen LogP contribution in [-0.2, 0) is 23.1 Å². The van der Waals surface area contributed by atoms with Crippen molar-refractivity contribution in [2.24, 2.45) is 0 Å². The summed E-state index contributed by atoms with van der Waals surface area (Å²) in [5.41, 5.74) is 0. The molecule has 0 spiro atoms. The number of likely N-dealkylation sites (N-methyl/N-ethyl adjacent to an activating group) is 1. The van der Waals surface area contributed by atoms with E-state index in [0.29, 0.717) is 13.2 Å². The lowest BCUT2D eigenvalue weighted by Gasteiger charge is -2.18. The lowest BCUT2D eigenvalue weighted by Crippen LogP contribution is -2.13. The molecule has 0 bridgehead atoms. The Hall–Kier alpha value is -0.840. The molecule has 1 aliphatic rings. The summed E-state index contributed by atoms with van der Waals surface area (Å²) in [6, 6.07) is 0. The molecule has 1 aliphatic heterocycles. The van der Waals surface area contributed by atoms with Crippen LogP contribution in [0.5, 0.6) is 0 Å². The summed E-state index contributed by atoms with van der Waals surface area (Å²) in [7, 11) is -0.583. The minimum Gasteiger partial charge on any atom is -0.463 e. The van der Waals surface area contributed by atoms with Crippen molar-refractivity contribution >= 4 is 13.7 Å². The number of carbonyl (C=O) groups is 1. The van der Waals surface area contributed by atoms with Gasteiger partial charge in [0.2, 0.25) is 5.76 Å². The third-order valence-corrected chi connectivity index (χ3v) is 3.72. The molecule has 1 fully saturated rings. The summed E-state index contributed by atoms with van der Waals surface area (Å²) in [5, 5.41) is 0. The van der Waals surface area contributed by atoms with Gasteiger partial charge in [-0.2, -0.15) is 4.67 Å². The number of methoxy groups -OCH3 is 1. The highest BCUT2D eigenvalue weighted by Gasteiger charge is 2.39. The van der Waals surface area contributed by atoms with Crippen molar-refractivity contribution in [3.63, 3.8) is 0 Å². The van der Waals surface area contributed by atoms with E-state index < -0.39 is 13.7 Å². The van der Waals surface area contributed by atoms with E-state index >= 15 is 0 Å². The fourth-order valence-corrected chi connectivity index (χ4v) is 2.28. The van der Waals surface area contributed by atoms with Crippen LogP contribution < -0.4 is 0 Å². The normalized spacial score (nSPS) is 27.3. The van der Waals surface area contributed by atoms with Crippen LogP contribution in [0.1, 0.15) is 0 Å². The summed E-state index contributed by atoms with van der Waals surface area (Å²) in [4.78, 5) is 10.9. The number of rotatable bonds is 3. The number of hydrogen-bond acceptors (Lipinski definition) is 5. The van der Waals surface area contributed by atoms with Gasteiger partial charge in [-0.3, -0.25) is 4.52 Å². The molecule has 80 valence electrons. The Morgan fingerprint density at radius 1 is 1.64 bits per heavy atom. The van der Waals surface area contributed by atoms with Crippen molar-refractivity contribution in [2.45, 2.75) is 0 Å². The Morgan fingerprint density at radius 3 is 2.71 bits per heavy atom. The maximum Gasteiger partial charge on any atom is 0.461 e. The fraction of sp³-hybridized carbons (Fsp3) is 0.571. The van der Waals surface area contributed by atoms with Crippen molar-refractivity contribution in [3.8, 4) is 0 Å². The van der Waals surface area contributed by atoms with Gasteiger partial charge in [-0.15, -0.1) is 0 Å². The van der Waals surface area contributed by atoms with Gasteiger partial charge in [0.15, 0.2) is 0 Å². The van der Waals surface area contributed by atoms with Crippen molar-refractivity contribution in [3.05, 3.63) is 12.3 Å². The molecule has 0 N–H and O–H groups in total. The number of nitrogens with zero attached hydrogens (tertiary/aromatic N) is 1. The summed E-state index contributed by atoms with van der Waals surface area (Å²) >= 11 is 0. The minimum atomic E-state index is -3.35. The van der Waals surface area contributed by atoms with Crippen molar-refractivity contribution < 1.29 is 23.1 Å². The smallest absolute Gasteiger partial charge is 0.461 e. The highest BCUT2D eigenvalue weighted by atomic mass is 31.2. The molecule has 0 radical (unpaired) electrons. The van der Waals surface area contributed by atoms with E-state index in [4.69, 9.17) is 9.05 Å². The average Bonchev–Trinajstić information content (AvgIpc) is 2.45. The second-order valence-electron chi connectivity index (χ2n) is 2.69. The summed E-state index contributed by atoms with van der Waals surface area (Å²) in [5.74, 6) is -1.08. The van der Waals surface area contributed by atoms with E-state index in [0.717, 1.165) is 0 Å². The third kappa shape index (κ3) is 2.15. The molecule has 0 aromatic carbocycles. The van der Waals surface area contributed by atoms with Gasteiger partial charge in [-0.05, 0) is 13.6 Å². The second-order valence-corrected chi connectivity index (χ2v) is 4.75. The Balaban J connectivity index is 2.64. The zero-order valence-electron chi connectivity index (χ0n) is 8.06. The average molecular weight is 221 g/mol. The maximum atomic E-state index is 11.8. The summed E-state index contributed by atoms with van der Waals surface area (Å²) in [6.45, 7) is 4.09. The Labute approximate surface area is 82.0 Å². The first kappa shape index (κ1) is 11.2. The topological polar surface area (TPSA) is 65.1 Å². The van der Waals surface area contributed by atoms with Crippen LogP contribution >= 0.6 is 7.75 Å². The van der Waals surface area contributed by atoms with Gasteiger partial charge in [0.05, 0.1) is 13.7 Å². The molecule has 1 atom stereocenters. The van der Waals surface area contributed by atoms with Crippen LogP contribution in [0.2, 0.25) is 0 Å². The predicted molar refractivity (Wildman–Crippen MR) is 48.4 cm³/mol. The molecule has 0 aromatic heterocycles. The van der Waals surface area contributed by atoms with Gasteiger partial charge < -0.3 is 9.26 Å². The summed E-state index contributed by atoms with van der Waals surface area (Å²) in [6.07, 6.45) is 0. The van der Waals surface area contributed by atoms with Crippen LogP contribution in [0.15, 0.2) is 12.3 Å². The third-order valence-electron chi connectivity index (χ3n) is 1.73. The molecule has 1 rings (SSSR count). The van der Waals surface area contributed by atoms with Crippen LogP contribution in [0.3, 0.4) is 0 Å². The SMILES string of the molecule is C=C(OP1(=O)OCCN1C)C(=O)OC. The maximum absolute atomic E-state index is 11.8. The molecule has 0 aliphatic carbocycles. The number of carbonyl (C=O) groups excluding carboxylic acids is 1. The Morgan fingerprint density at radius 2 is 2.29 bits per heavy atom. The first-order valence-electron chi connectivity index (χ1n) is 3.92. The largest absolute Gasteiger partial charge is 0.463 e. The van der Waals surface area contributed by atoms with Crippen LogP contribution in [0, 0.1) is 0 Å². The van der Waals surface area contributed by atoms with Crippen LogP contribution in [0.4, 0.5) is 0 Å². The van der Waals surface area contributed by atoms with Gasteiger partial charge in [0, 0.05) is 6.54 Å². The lowest BCUT2D eigenvalue weighted by molar-refractivity contribution is -0.138. The van der Waals surface area contributed by atoms with Crippen LogP contribution in [0.25, 0.3) is 0 Å². The van der Waals surface area contributed by atoms with Gasteiger partial charge in [0.25, 0.3) is 0 Å². The van der Waals surface area contributed by atoms with E-state index in [1.54, 1.807) is 7.05 Å². The standard InChI is InChI=1S/C7H12NO5P/c1-6(7(9)11-3)13-14(10)8(2)4-5-12-14/h1,4-5H2,2-3H3. The molecule has 14 heavy (non-hydrogen) atoms. The quantitative estimate of drug-likeness (QED) is 0.303. The van der Waals surface area contributed by atoms with Crippen molar-refractivity contribution in [2.75, 3.05) is 27.3 Å². The van der Waals surface area contributed by atoms with E-state index in [1.165, 1.54) is 11.8 Å². The molecule has 6 nitrogen and oxygen atoms in total. The first-order chi connectivity index (χ1) is 6.49. The molecule has 1 saturated heterocycles. The fourth-order valence-electron chi connectivity index (χ4n) is 0.896. The van der Waals surface area contributed by atoms with Gasteiger partial charge in [-0.1, -0.05) is 0 Å². The highest BCUT2D eigenvalue weighted by molar-refractivity contribution is 7.51. The Kier molecular flexibility index (Phi) is 3.31. The van der Waals surface area contributed by atoms with Gasteiger partial charge in [-0.25, -0.2) is 9.36 Å². The highest BCUT2D eigenvalue weighted by Crippen LogP contribution is 2.55. The summed E-state index contributed by atoms with van der Waals surface area (Å²) < 4.78 is 27.3.